The number of hydrogen-bond acceptors (Lipinski definition) is 4. The number of aliphatic hydroxyl groups is 1. The van der Waals surface area contributed by atoms with Crippen LogP contribution in [0.2, 0.25) is 0 Å². The van der Waals surface area contributed by atoms with Crippen LogP contribution in [0, 0.1) is 0 Å². The predicted octanol–water partition coefficient (Wildman–Crippen LogP) is 2.57. The van der Waals surface area contributed by atoms with Crippen molar-refractivity contribution >= 4 is 11.3 Å². The SMILES string of the molecule is CCCc1nc(Cc2cccs2)ncc1CO. The second-order valence-electron chi connectivity index (χ2n) is 3.92. The van der Waals surface area contributed by atoms with Crippen LogP contribution in [0.3, 0.4) is 0 Å². The molecule has 0 spiro atoms. The Morgan fingerprint density at radius 3 is 2.94 bits per heavy atom. The van der Waals surface area contributed by atoms with Crippen molar-refractivity contribution < 1.29 is 5.11 Å². The summed E-state index contributed by atoms with van der Waals surface area (Å²) >= 11 is 1.72. The summed E-state index contributed by atoms with van der Waals surface area (Å²) in [6.45, 7) is 2.14. The number of hydrogen-bond donors (Lipinski definition) is 1. The molecule has 0 bridgehead atoms. The summed E-state index contributed by atoms with van der Waals surface area (Å²) < 4.78 is 0. The Labute approximate surface area is 105 Å². The van der Waals surface area contributed by atoms with Crippen molar-refractivity contribution in [1.82, 2.24) is 9.97 Å². The van der Waals surface area contributed by atoms with Crippen LogP contribution in [0.25, 0.3) is 0 Å². The van der Waals surface area contributed by atoms with Crippen LogP contribution >= 0.6 is 11.3 Å². The van der Waals surface area contributed by atoms with Gasteiger partial charge >= 0.3 is 0 Å². The zero-order valence-corrected chi connectivity index (χ0v) is 10.7. The second-order valence-corrected chi connectivity index (χ2v) is 4.95. The van der Waals surface area contributed by atoms with Crippen LogP contribution in [-0.2, 0) is 19.4 Å². The highest BCUT2D eigenvalue weighted by molar-refractivity contribution is 7.09. The number of aromatic nitrogens is 2. The summed E-state index contributed by atoms with van der Waals surface area (Å²) in [5, 5.41) is 11.3. The first-order valence-corrected chi connectivity index (χ1v) is 6.68. The molecule has 2 heterocycles. The summed E-state index contributed by atoms with van der Waals surface area (Å²) in [4.78, 5) is 10.1. The highest BCUT2D eigenvalue weighted by atomic mass is 32.1. The van der Waals surface area contributed by atoms with E-state index < -0.39 is 0 Å². The van der Waals surface area contributed by atoms with E-state index in [1.54, 1.807) is 17.5 Å². The molecule has 2 aromatic heterocycles. The van der Waals surface area contributed by atoms with E-state index in [9.17, 15) is 5.11 Å². The van der Waals surface area contributed by atoms with Gasteiger partial charge in [0, 0.05) is 28.8 Å². The van der Waals surface area contributed by atoms with Crippen LogP contribution in [0.4, 0.5) is 0 Å². The number of nitrogens with zero attached hydrogens (tertiary/aromatic N) is 2. The van der Waals surface area contributed by atoms with Gasteiger partial charge in [-0.2, -0.15) is 0 Å². The Morgan fingerprint density at radius 1 is 1.41 bits per heavy atom. The third-order valence-corrected chi connectivity index (χ3v) is 3.45. The Bertz CT molecular complexity index is 468. The largest absolute Gasteiger partial charge is 0.392 e. The van der Waals surface area contributed by atoms with E-state index in [0.717, 1.165) is 36.3 Å². The quantitative estimate of drug-likeness (QED) is 0.884. The standard InChI is InChI=1S/C13H16N2OS/c1-2-4-12-10(9-16)8-14-13(15-12)7-11-5-3-6-17-11/h3,5-6,8,16H,2,4,7,9H2,1H3. The van der Waals surface area contributed by atoms with E-state index >= 15 is 0 Å². The fraction of sp³-hybridized carbons (Fsp3) is 0.385. The van der Waals surface area contributed by atoms with Crippen LogP contribution in [0.15, 0.2) is 23.7 Å². The summed E-state index contributed by atoms with van der Waals surface area (Å²) in [5.41, 5.74) is 1.83. The maximum atomic E-state index is 9.21. The first-order valence-electron chi connectivity index (χ1n) is 5.80. The highest BCUT2D eigenvalue weighted by Crippen LogP contribution is 2.14. The molecule has 3 nitrogen and oxygen atoms in total. The molecule has 0 aliphatic heterocycles. The Morgan fingerprint density at radius 2 is 2.29 bits per heavy atom. The van der Waals surface area contributed by atoms with E-state index in [1.807, 2.05) is 6.07 Å². The van der Waals surface area contributed by atoms with Crippen molar-refractivity contribution in [3.8, 4) is 0 Å². The lowest BCUT2D eigenvalue weighted by Gasteiger charge is -2.06. The van der Waals surface area contributed by atoms with Crippen molar-refractivity contribution in [1.29, 1.82) is 0 Å². The van der Waals surface area contributed by atoms with Gasteiger partial charge in [-0.1, -0.05) is 19.4 Å². The Kier molecular flexibility index (Phi) is 4.23. The third kappa shape index (κ3) is 3.11. The number of thiophene rings is 1. The van der Waals surface area contributed by atoms with E-state index in [-0.39, 0.29) is 6.61 Å². The minimum atomic E-state index is 0.0224. The van der Waals surface area contributed by atoms with Crippen molar-refractivity contribution in [2.24, 2.45) is 0 Å². The summed E-state index contributed by atoms with van der Waals surface area (Å²) in [5.74, 6) is 0.841. The molecule has 0 saturated carbocycles. The highest BCUT2D eigenvalue weighted by Gasteiger charge is 2.07. The van der Waals surface area contributed by atoms with Crippen molar-refractivity contribution in [2.45, 2.75) is 32.8 Å². The Hall–Kier alpha value is -1.26. The first-order chi connectivity index (χ1) is 8.33. The van der Waals surface area contributed by atoms with Crippen LogP contribution in [0.5, 0.6) is 0 Å². The van der Waals surface area contributed by atoms with Gasteiger partial charge < -0.3 is 5.11 Å². The van der Waals surface area contributed by atoms with E-state index in [2.05, 4.69) is 28.3 Å². The summed E-state index contributed by atoms with van der Waals surface area (Å²) in [6, 6.07) is 4.13. The molecule has 4 heteroatoms. The fourth-order valence-electron chi connectivity index (χ4n) is 1.72. The van der Waals surface area contributed by atoms with Crippen LogP contribution in [-0.4, -0.2) is 15.1 Å². The molecule has 1 N–H and O–H groups in total. The molecule has 2 rings (SSSR count). The molecule has 0 saturated heterocycles. The Balaban J connectivity index is 2.21. The lowest BCUT2D eigenvalue weighted by Crippen LogP contribution is -2.04. The molecule has 90 valence electrons. The minimum Gasteiger partial charge on any atom is -0.392 e. The molecule has 0 aliphatic carbocycles. The van der Waals surface area contributed by atoms with Gasteiger partial charge in [0.1, 0.15) is 5.82 Å². The van der Waals surface area contributed by atoms with Gasteiger partial charge in [-0.25, -0.2) is 9.97 Å². The summed E-state index contributed by atoms with van der Waals surface area (Å²) in [6.07, 6.45) is 4.46. The van der Waals surface area contributed by atoms with Gasteiger partial charge in [0.05, 0.1) is 6.61 Å². The van der Waals surface area contributed by atoms with E-state index in [1.165, 1.54) is 4.88 Å². The third-order valence-electron chi connectivity index (χ3n) is 2.57. The van der Waals surface area contributed by atoms with E-state index in [4.69, 9.17) is 0 Å². The zero-order valence-electron chi connectivity index (χ0n) is 9.89. The van der Waals surface area contributed by atoms with Gasteiger partial charge in [-0.3, -0.25) is 0 Å². The average Bonchev–Trinajstić information content (AvgIpc) is 2.83. The molecule has 17 heavy (non-hydrogen) atoms. The molecule has 0 radical (unpaired) electrons. The van der Waals surface area contributed by atoms with Gasteiger partial charge in [0.25, 0.3) is 0 Å². The topological polar surface area (TPSA) is 46.0 Å². The number of aryl methyl sites for hydroxylation is 1. The molecule has 0 aliphatic rings. The molecule has 0 fully saturated rings. The number of rotatable bonds is 5. The van der Waals surface area contributed by atoms with E-state index in [0.29, 0.717) is 0 Å². The summed E-state index contributed by atoms with van der Waals surface area (Å²) in [7, 11) is 0. The zero-order chi connectivity index (χ0) is 12.1. The van der Waals surface area contributed by atoms with Crippen molar-refractivity contribution in [3.63, 3.8) is 0 Å². The van der Waals surface area contributed by atoms with Crippen molar-refractivity contribution in [3.05, 3.63) is 45.7 Å². The molecular weight excluding hydrogens is 232 g/mol. The van der Waals surface area contributed by atoms with Gasteiger partial charge in [0.2, 0.25) is 0 Å². The normalized spacial score (nSPS) is 10.7. The molecule has 0 atom stereocenters. The van der Waals surface area contributed by atoms with Gasteiger partial charge in [-0.05, 0) is 17.9 Å². The molecular formula is C13H16N2OS. The van der Waals surface area contributed by atoms with Crippen LogP contribution < -0.4 is 0 Å². The smallest absolute Gasteiger partial charge is 0.133 e. The average molecular weight is 248 g/mol. The monoisotopic (exact) mass is 248 g/mol. The predicted molar refractivity (Wildman–Crippen MR) is 69.1 cm³/mol. The lowest BCUT2D eigenvalue weighted by molar-refractivity contribution is 0.279. The van der Waals surface area contributed by atoms with Crippen molar-refractivity contribution in [2.75, 3.05) is 0 Å². The molecule has 2 aromatic rings. The first kappa shape index (κ1) is 12.2. The van der Waals surface area contributed by atoms with Gasteiger partial charge in [-0.15, -0.1) is 11.3 Å². The number of aliphatic hydroxyl groups excluding tert-OH is 1. The lowest BCUT2D eigenvalue weighted by atomic mass is 10.1. The molecule has 0 unspecified atom stereocenters. The maximum absolute atomic E-state index is 9.21. The molecule has 0 aromatic carbocycles. The fourth-order valence-corrected chi connectivity index (χ4v) is 2.42. The molecule has 0 amide bonds. The second kappa shape index (κ2) is 5.89. The minimum absolute atomic E-state index is 0.0224. The van der Waals surface area contributed by atoms with Gasteiger partial charge in [0.15, 0.2) is 0 Å². The van der Waals surface area contributed by atoms with Crippen LogP contribution in [0.1, 0.15) is 35.3 Å². The maximum Gasteiger partial charge on any atom is 0.133 e.